The number of ether oxygens (including phenoxy) is 1. The van der Waals surface area contributed by atoms with Gasteiger partial charge in [-0.25, -0.2) is 9.97 Å². The van der Waals surface area contributed by atoms with Gasteiger partial charge in [-0.3, -0.25) is 0 Å². The maximum absolute atomic E-state index is 5.73. The summed E-state index contributed by atoms with van der Waals surface area (Å²) < 4.78 is 5.55. The van der Waals surface area contributed by atoms with Gasteiger partial charge in [0.2, 0.25) is 17.0 Å². The average Bonchev–Trinajstić information content (AvgIpc) is 3.15. The molecule has 0 fully saturated rings. The molecule has 0 aliphatic carbocycles. The molecule has 0 saturated carbocycles. The highest BCUT2D eigenvalue weighted by Crippen LogP contribution is 2.27. The van der Waals surface area contributed by atoms with Crippen molar-refractivity contribution in [2.24, 2.45) is 0 Å². The molecule has 1 aromatic carbocycles. The van der Waals surface area contributed by atoms with Gasteiger partial charge in [-0.15, -0.1) is 10.2 Å². The Labute approximate surface area is 153 Å². The number of hydrogen-bond acceptors (Lipinski definition) is 9. The van der Waals surface area contributed by atoms with Gasteiger partial charge in [-0.05, 0) is 31.2 Å². The summed E-state index contributed by atoms with van der Waals surface area (Å²) in [6.45, 7) is 2.36. The highest BCUT2D eigenvalue weighted by Gasteiger charge is 2.11. The molecule has 9 heteroatoms. The zero-order valence-electron chi connectivity index (χ0n) is 13.9. The molecule has 0 aliphatic heterocycles. The van der Waals surface area contributed by atoms with Crippen molar-refractivity contribution in [3.05, 3.63) is 41.9 Å². The molecule has 0 radical (unpaired) electrons. The van der Waals surface area contributed by atoms with E-state index >= 15 is 0 Å². The van der Waals surface area contributed by atoms with Crippen LogP contribution in [0.2, 0.25) is 0 Å². The van der Waals surface area contributed by atoms with E-state index in [1.807, 2.05) is 43.3 Å². The van der Waals surface area contributed by atoms with Crippen molar-refractivity contribution in [3.8, 4) is 17.1 Å². The number of hydrogen-bond donors (Lipinski definition) is 2. The van der Waals surface area contributed by atoms with Crippen LogP contribution in [0.5, 0.6) is 5.88 Å². The number of anilines is 3. The lowest BCUT2D eigenvalue weighted by Gasteiger charge is -2.09. The van der Waals surface area contributed by atoms with Crippen molar-refractivity contribution in [2.45, 2.75) is 6.92 Å². The second kappa shape index (κ2) is 6.89. The van der Waals surface area contributed by atoms with E-state index in [1.165, 1.54) is 11.3 Å². The maximum atomic E-state index is 5.73. The first-order chi connectivity index (χ1) is 12.7. The van der Waals surface area contributed by atoms with Gasteiger partial charge in [0.15, 0.2) is 5.52 Å². The molecule has 0 saturated heterocycles. The van der Waals surface area contributed by atoms with Crippen molar-refractivity contribution < 1.29 is 4.74 Å². The molecule has 4 rings (SSSR count). The number of pyridine rings is 1. The fourth-order valence-electron chi connectivity index (χ4n) is 2.48. The van der Waals surface area contributed by atoms with E-state index in [1.54, 1.807) is 5.51 Å². The van der Waals surface area contributed by atoms with Gasteiger partial charge in [0.1, 0.15) is 5.51 Å². The van der Waals surface area contributed by atoms with Crippen LogP contribution in [0, 0.1) is 0 Å². The third-order valence-corrected chi connectivity index (χ3v) is 4.21. The second-order valence-electron chi connectivity index (χ2n) is 5.33. The molecule has 0 aliphatic rings. The summed E-state index contributed by atoms with van der Waals surface area (Å²) in [6, 6.07) is 11.7. The number of nitrogen functional groups attached to an aromatic ring is 1. The fraction of sp³-hybridized carbons (Fsp3) is 0.118. The lowest BCUT2D eigenvalue weighted by molar-refractivity contribution is 0.330. The Morgan fingerprint density at radius 2 is 1.92 bits per heavy atom. The quantitative estimate of drug-likeness (QED) is 0.554. The SMILES string of the molecule is CCOc1nc(N)nc2ccc(-c3ccc(Nc4nncs4)cc3)nc12. The normalized spacial score (nSPS) is 10.8. The summed E-state index contributed by atoms with van der Waals surface area (Å²) in [7, 11) is 0. The molecule has 26 heavy (non-hydrogen) atoms. The van der Waals surface area contributed by atoms with E-state index < -0.39 is 0 Å². The van der Waals surface area contributed by atoms with Gasteiger partial charge >= 0.3 is 0 Å². The van der Waals surface area contributed by atoms with Gasteiger partial charge in [0, 0.05) is 11.3 Å². The van der Waals surface area contributed by atoms with E-state index in [4.69, 9.17) is 10.5 Å². The molecule has 0 unspecified atom stereocenters. The van der Waals surface area contributed by atoms with Gasteiger partial charge in [0.25, 0.3) is 0 Å². The highest BCUT2D eigenvalue weighted by molar-refractivity contribution is 7.13. The van der Waals surface area contributed by atoms with Crippen LogP contribution in [-0.4, -0.2) is 31.8 Å². The first kappa shape index (κ1) is 16.2. The number of nitrogens with one attached hydrogen (secondary N) is 1. The summed E-state index contributed by atoms with van der Waals surface area (Å²) in [5.74, 6) is 0.564. The first-order valence-corrected chi connectivity index (χ1v) is 8.81. The number of rotatable bonds is 5. The lowest BCUT2D eigenvalue weighted by atomic mass is 10.1. The molecule has 0 atom stereocenters. The van der Waals surface area contributed by atoms with Crippen LogP contribution in [0.1, 0.15) is 6.92 Å². The topological polar surface area (TPSA) is 112 Å². The van der Waals surface area contributed by atoms with E-state index in [2.05, 4.69) is 30.5 Å². The lowest BCUT2D eigenvalue weighted by Crippen LogP contribution is -2.02. The van der Waals surface area contributed by atoms with Crippen LogP contribution >= 0.6 is 11.3 Å². The zero-order valence-corrected chi connectivity index (χ0v) is 14.7. The monoisotopic (exact) mass is 365 g/mol. The predicted octanol–water partition coefficient (Wildman–Crippen LogP) is 3.27. The standard InChI is InChI=1S/C17H15N7OS/c1-2-25-15-14-13(22-16(18)23-15)8-7-12(21-14)10-3-5-11(6-4-10)20-17-24-19-9-26-17/h3-9H,2H2,1H3,(H,20,24)(H2,18,22,23). The molecule has 3 aromatic heterocycles. The van der Waals surface area contributed by atoms with Crippen LogP contribution in [0.25, 0.3) is 22.3 Å². The summed E-state index contributed by atoms with van der Waals surface area (Å²) in [5, 5.41) is 11.7. The minimum atomic E-state index is 0.169. The van der Waals surface area contributed by atoms with Gasteiger partial charge < -0.3 is 15.8 Å². The molecular weight excluding hydrogens is 350 g/mol. The summed E-state index contributed by atoms with van der Waals surface area (Å²) in [6.07, 6.45) is 0. The molecule has 0 bridgehead atoms. The third-order valence-electron chi connectivity index (χ3n) is 3.60. The van der Waals surface area contributed by atoms with Crippen LogP contribution in [0.4, 0.5) is 16.8 Å². The van der Waals surface area contributed by atoms with Crippen LogP contribution in [-0.2, 0) is 0 Å². The number of nitrogens with zero attached hydrogens (tertiary/aromatic N) is 5. The molecular formula is C17H15N7OS. The van der Waals surface area contributed by atoms with Crippen molar-refractivity contribution in [3.63, 3.8) is 0 Å². The number of fused-ring (bicyclic) bond motifs is 1. The molecule has 4 aromatic rings. The summed E-state index contributed by atoms with van der Waals surface area (Å²) in [5.41, 5.74) is 11.4. The highest BCUT2D eigenvalue weighted by atomic mass is 32.1. The number of nitrogens with two attached hydrogens (primary N) is 1. The molecule has 3 heterocycles. The Kier molecular flexibility index (Phi) is 4.28. The zero-order chi connectivity index (χ0) is 17.9. The summed E-state index contributed by atoms with van der Waals surface area (Å²) in [4.78, 5) is 13.0. The first-order valence-electron chi connectivity index (χ1n) is 7.93. The van der Waals surface area contributed by atoms with Crippen molar-refractivity contribution in [1.29, 1.82) is 0 Å². The van der Waals surface area contributed by atoms with E-state index in [9.17, 15) is 0 Å². The van der Waals surface area contributed by atoms with Crippen molar-refractivity contribution in [1.82, 2.24) is 25.1 Å². The minimum absolute atomic E-state index is 0.169. The molecule has 0 spiro atoms. The maximum Gasteiger partial charge on any atom is 0.245 e. The fourth-order valence-corrected chi connectivity index (χ4v) is 2.94. The van der Waals surface area contributed by atoms with Crippen LogP contribution in [0.3, 0.4) is 0 Å². The Hall–Kier alpha value is -3.33. The van der Waals surface area contributed by atoms with E-state index in [-0.39, 0.29) is 5.95 Å². The molecule has 0 amide bonds. The Balaban J connectivity index is 1.67. The van der Waals surface area contributed by atoms with Gasteiger partial charge in [0.05, 0.1) is 17.8 Å². The van der Waals surface area contributed by atoms with Crippen molar-refractivity contribution >= 4 is 39.1 Å². The Morgan fingerprint density at radius 3 is 2.65 bits per heavy atom. The van der Waals surface area contributed by atoms with Crippen molar-refractivity contribution in [2.75, 3.05) is 17.7 Å². The second-order valence-corrected chi connectivity index (χ2v) is 6.16. The molecule has 3 N–H and O–H groups in total. The van der Waals surface area contributed by atoms with Crippen LogP contribution < -0.4 is 15.8 Å². The number of benzene rings is 1. The van der Waals surface area contributed by atoms with Gasteiger partial charge in [-0.2, -0.15) is 4.98 Å². The Bertz CT molecular complexity index is 1040. The smallest absolute Gasteiger partial charge is 0.245 e. The molecule has 130 valence electrons. The van der Waals surface area contributed by atoms with Crippen LogP contribution in [0.15, 0.2) is 41.9 Å². The van der Waals surface area contributed by atoms with Gasteiger partial charge in [-0.1, -0.05) is 23.5 Å². The van der Waals surface area contributed by atoms with E-state index in [0.717, 1.165) is 22.1 Å². The molecule has 8 nitrogen and oxygen atoms in total. The average molecular weight is 365 g/mol. The third kappa shape index (κ3) is 3.24. The summed E-state index contributed by atoms with van der Waals surface area (Å²) >= 11 is 1.44. The predicted molar refractivity (Wildman–Crippen MR) is 102 cm³/mol. The largest absolute Gasteiger partial charge is 0.476 e. The van der Waals surface area contributed by atoms with E-state index in [0.29, 0.717) is 23.5 Å². The number of aromatic nitrogens is 5. The Morgan fingerprint density at radius 1 is 1.08 bits per heavy atom. The minimum Gasteiger partial charge on any atom is -0.476 e.